The van der Waals surface area contributed by atoms with Crippen molar-refractivity contribution in [2.75, 3.05) is 0 Å². The topological polar surface area (TPSA) is 34.1 Å². The first-order chi connectivity index (χ1) is 22.7. The standard InChI is InChI=1S/C43H42O2S2/c1-6-10-28(11-7-2)29-16-18-30(19-17-29)31-20-24-33(25-21-31)46-37-14-8-12-35-39(37)41(44)36-13-9-15-38(40(36)42(35)45)47-34-26-22-32(23-27-34)43(3,4)5/h8-9,12-28H,6-7,10-11H2,1-5H3. The van der Waals surface area contributed by atoms with Crippen LogP contribution in [-0.2, 0) is 5.41 Å². The summed E-state index contributed by atoms with van der Waals surface area (Å²) in [5.41, 5.74) is 7.08. The molecule has 0 unspecified atom stereocenters. The van der Waals surface area contributed by atoms with Crippen LogP contribution in [0.2, 0.25) is 0 Å². The number of rotatable bonds is 10. The second kappa shape index (κ2) is 14.1. The van der Waals surface area contributed by atoms with E-state index in [4.69, 9.17) is 0 Å². The van der Waals surface area contributed by atoms with Crippen LogP contribution in [0.15, 0.2) is 129 Å². The summed E-state index contributed by atoms with van der Waals surface area (Å²) >= 11 is 3.07. The molecule has 0 spiro atoms. The van der Waals surface area contributed by atoms with Gasteiger partial charge in [0, 0.05) is 41.8 Å². The molecule has 0 atom stereocenters. The molecule has 0 fully saturated rings. The highest BCUT2D eigenvalue weighted by Gasteiger charge is 2.33. The Morgan fingerprint density at radius 2 is 0.979 bits per heavy atom. The number of hydrogen-bond donors (Lipinski definition) is 0. The van der Waals surface area contributed by atoms with Crippen molar-refractivity contribution in [2.45, 2.75) is 91.2 Å². The molecule has 4 heteroatoms. The lowest BCUT2D eigenvalue weighted by Crippen LogP contribution is -2.22. The summed E-state index contributed by atoms with van der Waals surface area (Å²) < 4.78 is 0. The quantitative estimate of drug-likeness (QED) is 0.147. The molecule has 0 saturated heterocycles. The maximum Gasteiger partial charge on any atom is 0.195 e. The third kappa shape index (κ3) is 7.05. The molecule has 0 radical (unpaired) electrons. The Kier molecular flexibility index (Phi) is 9.91. The van der Waals surface area contributed by atoms with Gasteiger partial charge in [0.25, 0.3) is 0 Å². The van der Waals surface area contributed by atoms with E-state index in [1.165, 1.54) is 65.9 Å². The fourth-order valence-corrected chi connectivity index (χ4v) is 8.42. The molecule has 238 valence electrons. The predicted octanol–water partition coefficient (Wildman–Crippen LogP) is 12.4. The third-order valence-corrected chi connectivity index (χ3v) is 11.2. The van der Waals surface area contributed by atoms with E-state index in [0.717, 1.165) is 25.1 Å². The van der Waals surface area contributed by atoms with E-state index >= 15 is 0 Å². The zero-order valence-corrected chi connectivity index (χ0v) is 29.6. The van der Waals surface area contributed by atoms with Crippen molar-refractivity contribution in [1.29, 1.82) is 0 Å². The SMILES string of the molecule is CCCC(CCC)c1ccc(-c2ccc(Sc3cccc4c3C(=O)c3cccc(Sc5ccc(C(C)(C)C)cc5)c3C4=O)cc2)cc1. The van der Waals surface area contributed by atoms with Gasteiger partial charge in [0.1, 0.15) is 0 Å². The number of carbonyl (C=O) groups excluding carboxylic acids is 2. The van der Waals surface area contributed by atoms with Crippen LogP contribution in [-0.4, -0.2) is 11.6 Å². The summed E-state index contributed by atoms with van der Waals surface area (Å²) in [6.45, 7) is 11.1. The molecule has 0 aliphatic heterocycles. The second-order valence-electron chi connectivity index (χ2n) is 13.4. The molecule has 0 heterocycles. The zero-order valence-electron chi connectivity index (χ0n) is 27.9. The van der Waals surface area contributed by atoms with E-state index in [-0.39, 0.29) is 17.0 Å². The Morgan fingerprint density at radius 1 is 0.553 bits per heavy atom. The van der Waals surface area contributed by atoms with Gasteiger partial charge in [-0.2, -0.15) is 0 Å². The highest BCUT2D eigenvalue weighted by Crippen LogP contribution is 2.42. The minimum absolute atomic E-state index is 0.0667. The number of fused-ring (bicyclic) bond motifs is 2. The van der Waals surface area contributed by atoms with Crippen LogP contribution in [0.4, 0.5) is 0 Å². The first-order valence-corrected chi connectivity index (χ1v) is 18.3. The molecule has 0 bridgehead atoms. The van der Waals surface area contributed by atoms with Crippen molar-refractivity contribution in [1.82, 2.24) is 0 Å². The molecular weight excluding hydrogens is 613 g/mol. The summed E-state index contributed by atoms with van der Waals surface area (Å²) in [6.07, 6.45) is 4.87. The summed E-state index contributed by atoms with van der Waals surface area (Å²) in [5, 5.41) is 0. The summed E-state index contributed by atoms with van der Waals surface area (Å²) in [6, 6.07) is 37.3. The van der Waals surface area contributed by atoms with Gasteiger partial charge in [-0.3, -0.25) is 9.59 Å². The molecule has 0 aromatic heterocycles. The van der Waals surface area contributed by atoms with Gasteiger partial charge in [0.05, 0.1) is 0 Å². The molecule has 0 saturated carbocycles. The maximum absolute atomic E-state index is 14.0. The van der Waals surface area contributed by atoms with Gasteiger partial charge in [-0.15, -0.1) is 0 Å². The molecule has 0 amide bonds. The minimum Gasteiger partial charge on any atom is -0.289 e. The normalized spacial score (nSPS) is 12.7. The Morgan fingerprint density at radius 3 is 1.40 bits per heavy atom. The summed E-state index contributed by atoms with van der Waals surface area (Å²) in [5.74, 6) is 0.446. The van der Waals surface area contributed by atoms with Crippen molar-refractivity contribution >= 4 is 35.1 Å². The molecular formula is C43H42O2S2. The maximum atomic E-state index is 14.0. The lowest BCUT2D eigenvalue weighted by atomic mass is 9.84. The van der Waals surface area contributed by atoms with E-state index in [1.54, 1.807) is 12.1 Å². The Balaban J connectivity index is 1.23. The highest BCUT2D eigenvalue weighted by atomic mass is 32.2. The number of hydrogen-bond acceptors (Lipinski definition) is 4. The molecule has 47 heavy (non-hydrogen) atoms. The summed E-state index contributed by atoms with van der Waals surface area (Å²) in [7, 11) is 0. The Bertz CT molecular complexity index is 1890. The van der Waals surface area contributed by atoms with Crippen LogP contribution in [0.25, 0.3) is 11.1 Å². The first kappa shape index (κ1) is 33.1. The lowest BCUT2D eigenvalue weighted by Gasteiger charge is -2.22. The lowest BCUT2D eigenvalue weighted by molar-refractivity contribution is 0.0974. The molecule has 6 rings (SSSR count). The average molecular weight is 655 g/mol. The van der Waals surface area contributed by atoms with Gasteiger partial charge >= 0.3 is 0 Å². The first-order valence-electron chi connectivity index (χ1n) is 16.7. The van der Waals surface area contributed by atoms with Crippen LogP contribution in [0, 0.1) is 0 Å². The molecule has 0 N–H and O–H groups in total. The Labute approximate surface area is 288 Å². The monoisotopic (exact) mass is 654 g/mol. The van der Waals surface area contributed by atoms with Gasteiger partial charge in [0.15, 0.2) is 11.6 Å². The van der Waals surface area contributed by atoms with Crippen molar-refractivity contribution in [3.63, 3.8) is 0 Å². The van der Waals surface area contributed by atoms with E-state index in [9.17, 15) is 9.59 Å². The smallest absolute Gasteiger partial charge is 0.195 e. The molecule has 5 aromatic rings. The Hall–Kier alpha value is -3.86. The molecule has 1 aliphatic carbocycles. The minimum atomic E-state index is -0.0932. The van der Waals surface area contributed by atoms with E-state index in [2.05, 4.69) is 107 Å². The van der Waals surface area contributed by atoms with Gasteiger partial charge in [0.2, 0.25) is 0 Å². The molecule has 5 aromatic carbocycles. The fraction of sp³-hybridized carbons (Fsp3) is 0.256. The van der Waals surface area contributed by atoms with Crippen LogP contribution in [0.1, 0.15) is 109 Å². The van der Waals surface area contributed by atoms with Gasteiger partial charge < -0.3 is 0 Å². The van der Waals surface area contributed by atoms with E-state index < -0.39 is 0 Å². The van der Waals surface area contributed by atoms with E-state index in [1.807, 2.05) is 24.3 Å². The summed E-state index contributed by atoms with van der Waals surface area (Å²) in [4.78, 5) is 31.7. The van der Waals surface area contributed by atoms with E-state index in [0.29, 0.717) is 28.2 Å². The van der Waals surface area contributed by atoms with Crippen molar-refractivity contribution in [3.05, 3.63) is 143 Å². The van der Waals surface area contributed by atoms with Crippen molar-refractivity contribution < 1.29 is 9.59 Å². The second-order valence-corrected chi connectivity index (χ2v) is 15.6. The van der Waals surface area contributed by atoms with Crippen molar-refractivity contribution in [2.24, 2.45) is 0 Å². The van der Waals surface area contributed by atoms with Gasteiger partial charge in [-0.25, -0.2) is 0 Å². The number of benzene rings is 5. The van der Waals surface area contributed by atoms with Crippen LogP contribution >= 0.6 is 23.5 Å². The number of ketones is 2. The molecule has 2 nitrogen and oxygen atoms in total. The number of carbonyl (C=O) groups is 2. The van der Waals surface area contributed by atoms with Crippen LogP contribution in [0.3, 0.4) is 0 Å². The van der Waals surface area contributed by atoms with Gasteiger partial charge in [-0.05, 0) is 82.8 Å². The average Bonchev–Trinajstić information content (AvgIpc) is 3.07. The highest BCUT2D eigenvalue weighted by molar-refractivity contribution is 7.99. The van der Waals surface area contributed by atoms with Crippen LogP contribution in [0.5, 0.6) is 0 Å². The van der Waals surface area contributed by atoms with Gasteiger partial charge in [-0.1, -0.05) is 144 Å². The van der Waals surface area contributed by atoms with Crippen molar-refractivity contribution in [3.8, 4) is 11.1 Å². The third-order valence-electron chi connectivity index (χ3n) is 9.02. The predicted molar refractivity (Wildman–Crippen MR) is 198 cm³/mol. The largest absolute Gasteiger partial charge is 0.289 e. The molecule has 1 aliphatic rings. The fourth-order valence-electron chi connectivity index (χ4n) is 6.46. The zero-order chi connectivity index (χ0) is 33.1. The van der Waals surface area contributed by atoms with Crippen LogP contribution < -0.4 is 0 Å².